The van der Waals surface area contributed by atoms with Gasteiger partial charge in [-0.3, -0.25) is 9.59 Å². The number of rotatable bonds is 6. The van der Waals surface area contributed by atoms with E-state index >= 15 is 0 Å². The number of nitrogens with one attached hydrogen (secondary N) is 1. The van der Waals surface area contributed by atoms with Crippen LogP contribution in [0.1, 0.15) is 30.1 Å². The molecule has 1 aromatic rings. The van der Waals surface area contributed by atoms with E-state index in [1.165, 1.54) is 25.1 Å². The van der Waals surface area contributed by atoms with Crippen LogP contribution in [0.4, 0.5) is 4.39 Å². The van der Waals surface area contributed by atoms with Gasteiger partial charge in [-0.25, -0.2) is 4.39 Å². The first-order chi connectivity index (χ1) is 10.6. The van der Waals surface area contributed by atoms with E-state index in [-0.39, 0.29) is 23.5 Å². The Balaban J connectivity index is 1.79. The van der Waals surface area contributed by atoms with Gasteiger partial charge in [-0.1, -0.05) is 6.07 Å². The Bertz CT molecular complexity index is 530. The Morgan fingerprint density at radius 1 is 1.45 bits per heavy atom. The largest absolute Gasteiger partial charge is 0.376 e. The summed E-state index contributed by atoms with van der Waals surface area (Å²) in [7, 11) is 0. The lowest BCUT2D eigenvalue weighted by atomic mass is 10.2. The van der Waals surface area contributed by atoms with Crippen LogP contribution in [0.2, 0.25) is 0 Å². The topological polar surface area (TPSA) is 58.6 Å². The van der Waals surface area contributed by atoms with E-state index in [4.69, 9.17) is 4.74 Å². The summed E-state index contributed by atoms with van der Waals surface area (Å²) in [5.74, 6) is -0.841. The van der Waals surface area contributed by atoms with E-state index in [0.29, 0.717) is 19.6 Å². The molecule has 1 saturated heterocycles. The van der Waals surface area contributed by atoms with Crippen LogP contribution in [0.25, 0.3) is 0 Å². The average molecular weight is 308 g/mol. The second-order valence-electron chi connectivity index (χ2n) is 5.37. The third-order valence-corrected chi connectivity index (χ3v) is 3.65. The maximum Gasteiger partial charge on any atom is 0.251 e. The van der Waals surface area contributed by atoms with E-state index in [2.05, 4.69) is 5.32 Å². The van der Waals surface area contributed by atoms with Crippen LogP contribution in [-0.4, -0.2) is 49.1 Å². The van der Waals surface area contributed by atoms with Gasteiger partial charge in [0, 0.05) is 38.7 Å². The molecule has 0 aliphatic carbocycles. The number of ether oxygens (including phenoxy) is 1. The number of halogens is 1. The number of carbonyl (C=O) groups is 2. The molecule has 2 amide bonds. The Labute approximate surface area is 129 Å². The average Bonchev–Trinajstić information content (AvgIpc) is 2.99. The lowest BCUT2D eigenvalue weighted by molar-refractivity contribution is -0.130. The summed E-state index contributed by atoms with van der Waals surface area (Å²) in [5.41, 5.74) is 0.272. The number of carbonyl (C=O) groups excluding carboxylic acids is 2. The minimum Gasteiger partial charge on any atom is -0.376 e. The van der Waals surface area contributed by atoms with Crippen LogP contribution in [0.3, 0.4) is 0 Å². The van der Waals surface area contributed by atoms with Crippen molar-refractivity contribution < 1.29 is 18.7 Å². The quantitative estimate of drug-likeness (QED) is 0.868. The maximum absolute atomic E-state index is 13.1. The molecule has 1 N–H and O–H groups in total. The molecule has 1 aromatic carbocycles. The number of benzene rings is 1. The second-order valence-corrected chi connectivity index (χ2v) is 5.37. The molecule has 1 fully saturated rings. The van der Waals surface area contributed by atoms with Crippen LogP contribution < -0.4 is 5.32 Å². The zero-order chi connectivity index (χ0) is 15.9. The number of hydrogen-bond acceptors (Lipinski definition) is 3. The summed E-state index contributed by atoms with van der Waals surface area (Å²) in [6.07, 6.45) is 2.06. The Morgan fingerprint density at radius 2 is 2.27 bits per heavy atom. The lowest BCUT2D eigenvalue weighted by Gasteiger charge is -2.24. The van der Waals surface area contributed by atoms with Gasteiger partial charge < -0.3 is 15.0 Å². The zero-order valence-electron chi connectivity index (χ0n) is 12.7. The SMILES string of the molecule is CC(=O)N(CCNC(=O)c1cccc(F)c1)CC1CCCO1. The highest BCUT2D eigenvalue weighted by Crippen LogP contribution is 2.13. The monoisotopic (exact) mass is 308 g/mol. The fourth-order valence-electron chi connectivity index (χ4n) is 2.45. The highest BCUT2D eigenvalue weighted by Gasteiger charge is 2.20. The van der Waals surface area contributed by atoms with Crippen molar-refractivity contribution in [3.63, 3.8) is 0 Å². The van der Waals surface area contributed by atoms with E-state index in [1.807, 2.05) is 0 Å². The molecule has 0 saturated carbocycles. The summed E-state index contributed by atoms with van der Waals surface area (Å²) in [6, 6.07) is 5.51. The van der Waals surface area contributed by atoms with Gasteiger partial charge in [-0.2, -0.15) is 0 Å². The van der Waals surface area contributed by atoms with Crippen molar-refractivity contribution in [2.45, 2.75) is 25.9 Å². The summed E-state index contributed by atoms with van der Waals surface area (Å²) >= 11 is 0. The van der Waals surface area contributed by atoms with Crippen molar-refractivity contribution in [3.05, 3.63) is 35.6 Å². The maximum atomic E-state index is 13.1. The van der Waals surface area contributed by atoms with Crippen LogP contribution in [-0.2, 0) is 9.53 Å². The van der Waals surface area contributed by atoms with E-state index in [9.17, 15) is 14.0 Å². The molecule has 120 valence electrons. The molecule has 1 atom stereocenters. The molecule has 22 heavy (non-hydrogen) atoms. The highest BCUT2D eigenvalue weighted by molar-refractivity contribution is 5.94. The first kappa shape index (κ1) is 16.4. The zero-order valence-corrected chi connectivity index (χ0v) is 12.7. The van der Waals surface area contributed by atoms with Gasteiger partial charge in [0.05, 0.1) is 6.10 Å². The molecule has 1 aliphatic rings. The Kier molecular flexibility index (Phi) is 5.89. The van der Waals surface area contributed by atoms with Crippen molar-refractivity contribution in [2.75, 3.05) is 26.2 Å². The predicted octanol–water partition coefficient (Wildman–Crippen LogP) is 1.58. The van der Waals surface area contributed by atoms with Gasteiger partial charge in [0.15, 0.2) is 0 Å². The van der Waals surface area contributed by atoms with Crippen molar-refractivity contribution >= 4 is 11.8 Å². The van der Waals surface area contributed by atoms with E-state index < -0.39 is 5.82 Å². The molecule has 1 heterocycles. The Morgan fingerprint density at radius 3 is 2.91 bits per heavy atom. The minimum atomic E-state index is -0.448. The smallest absolute Gasteiger partial charge is 0.251 e. The van der Waals surface area contributed by atoms with E-state index in [1.54, 1.807) is 11.0 Å². The molecule has 0 radical (unpaired) electrons. The molecule has 5 nitrogen and oxygen atoms in total. The molecule has 1 unspecified atom stereocenters. The van der Waals surface area contributed by atoms with Crippen LogP contribution in [0, 0.1) is 5.82 Å². The second kappa shape index (κ2) is 7.89. The fourth-order valence-corrected chi connectivity index (χ4v) is 2.45. The van der Waals surface area contributed by atoms with Gasteiger partial charge in [0.2, 0.25) is 5.91 Å². The predicted molar refractivity (Wildman–Crippen MR) is 80.0 cm³/mol. The van der Waals surface area contributed by atoms with Gasteiger partial charge in [-0.15, -0.1) is 0 Å². The fraction of sp³-hybridized carbons (Fsp3) is 0.500. The molecule has 0 aromatic heterocycles. The third-order valence-electron chi connectivity index (χ3n) is 3.65. The van der Waals surface area contributed by atoms with Gasteiger partial charge in [0.1, 0.15) is 5.82 Å². The van der Waals surface area contributed by atoms with Gasteiger partial charge >= 0.3 is 0 Å². The van der Waals surface area contributed by atoms with Crippen LogP contribution in [0.5, 0.6) is 0 Å². The molecular weight excluding hydrogens is 287 g/mol. The third kappa shape index (κ3) is 4.80. The van der Waals surface area contributed by atoms with Crippen molar-refractivity contribution in [1.29, 1.82) is 0 Å². The molecule has 0 spiro atoms. The van der Waals surface area contributed by atoms with E-state index in [0.717, 1.165) is 19.4 Å². The van der Waals surface area contributed by atoms with Crippen molar-refractivity contribution in [2.24, 2.45) is 0 Å². The summed E-state index contributed by atoms with van der Waals surface area (Å²) in [5, 5.41) is 2.70. The highest BCUT2D eigenvalue weighted by atomic mass is 19.1. The first-order valence-electron chi connectivity index (χ1n) is 7.47. The van der Waals surface area contributed by atoms with Crippen LogP contribution >= 0.6 is 0 Å². The summed E-state index contributed by atoms with van der Waals surface area (Å²) in [6.45, 7) is 3.53. The van der Waals surface area contributed by atoms with Crippen LogP contribution in [0.15, 0.2) is 24.3 Å². The van der Waals surface area contributed by atoms with Crippen molar-refractivity contribution in [1.82, 2.24) is 10.2 Å². The summed E-state index contributed by atoms with van der Waals surface area (Å²) < 4.78 is 18.6. The lowest BCUT2D eigenvalue weighted by Crippen LogP contribution is -2.41. The number of nitrogens with zero attached hydrogens (tertiary/aromatic N) is 1. The number of amides is 2. The molecule has 0 bridgehead atoms. The minimum absolute atomic E-state index is 0.0458. The molecule has 1 aliphatic heterocycles. The first-order valence-corrected chi connectivity index (χ1v) is 7.47. The number of hydrogen-bond donors (Lipinski definition) is 1. The molecule has 2 rings (SSSR count). The Hall–Kier alpha value is -1.95. The van der Waals surface area contributed by atoms with Gasteiger partial charge in [-0.05, 0) is 31.0 Å². The van der Waals surface area contributed by atoms with Gasteiger partial charge in [0.25, 0.3) is 5.91 Å². The standard InChI is InChI=1S/C16H21FN2O3/c1-12(20)19(11-15-6-3-9-22-15)8-7-18-16(21)13-4-2-5-14(17)10-13/h2,4-5,10,15H,3,6-9,11H2,1H3,(H,18,21). The molecular formula is C16H21FN2O3. The normalized spacial score (nSPS) is 17.3. The molecule has 6 heteroatoms. The van der Waals surface area contributed by atoms with Crippen molar-refractivity contribution in [3.8, 4) is 0 Å². The summed E-state index contributed by atoms with van der Waals surface area (Å²) in [4.78, 5) is 25.2.